The van der Waals surface area contributed by atoms with E-state index in [1.54, 1.807) is 19.1 Å². The van der Waals surface area contributed by atoms with E-state index < -0.39 is 6.04 Å². The van der Waals surface area contributed by atoms with Crippen LogP contribution in [0.4, 0.5) is 5.95 Å². The molecule has 0 aliphatic carbocycles. The standard InChI is InChI=1S/C18H18N4O2/c1-11-6-5-7-13(10-11)17(24)19-12(2)16(23)22-18-20-14-8-3-4-9-15(14)21-18/h3-10,12H,1-2H3,(H,19,24)(H2,20,21,22,23)/t12-/m1/s1. The number of para-hydroxylation sites is 2. The number of imidazole rings is 1. The maximum atomic E-state index is 12.2. The smallest absolute Gasteiger partial charge is 0.251 e. The number of carbonyl (C=O) groups excluding carboxylic acids is 2. The van der Waals surface area contributed by atoms with Gasteiger partial charge in [-0.2, -0.15) is 0 Å². The molecule has 3 rings (SSSR count). The van der Waals surface area contributed by atoms with Crippen molar-refractivity contribution in [3.63, 3.8) is 0 Å². The molecule has 0 fully saturated rings. The number of anilines is 1. The molecule has 2 aromatic carbocycles. The van der Waals surface area contributed by atoms with Crippen LogP contribution in [0.5, 0.6) is 0 Å². The Balaban J connectivity index is 1.65. The number of hydrogen-bond acceptors (Lipinski definition) is 3. The van der Waals surface area contributed by atoms with Crippen LogP contribution in [0.3, 0.4) is 0 Å². The fourth-order valence-electron chi connectivity index (χ4n) is 2.37. The Morgan fingerprint density at radius 3 is 2.67 bits per heavy atom. The number of amides is 2. The fourth-order valence-corrected chi connectivity index (χ4v) is 2.37. The van der Waals surface area contributed by atoms with Crippen LogP contribution in [0.2, 0.25) is 0 Å². The number of nitrogens with one attached hydrogen (secondary N) is 3. The Kier molecular flexibility index (Phi) is 4.29. The highest BCUT2D eigenvalue weighted by Crippen LogP contribution is 2.13. The summed E-state index contributed by atoms with van der Waals surface area (Å²) < 4.78 is 0. The van der Waals surface area contributed by atoms with Crippen LogP contribution in [0, 0.1) is 6.92 Å². The summed E-state index contributed by atoms with van der Waals surface area (Å²) in [5.74, 6) is -0.265. The molecule has 0 unspecified atom stereocenters. The van der Waals surface area contributed by atoms with Crippen LogP contribution >= 0.6 is 0 Å². The van der Waals surface area contributed by atoms with Crippen molar-refractivity contribution in [2.45, 2.75) is 19.9 Å². The zero-order valence-corrected chi connectivity index (χ0v) is 13.5. The lowest BCUT2D eigenvalue weighted by Crippen LogP contribution is -2.41. The zero-order chi connectivity index (χ0) is 17.1. The molecule has 0 saturated carbocycles. The SMILES string of the molecule is Cc1cccc(C(=O)N[C@H](C)C(=O)Nc2nc3ccccc3[nH]2)c1. The molecular formula is C18H18N4O2. The molecule has 0 aliphatic heterocycles. The van der Waals surface area contributed by atoms with Crippen molar-refractivity contribution in [2.75, 3.05) is 5.32 Å². The molecule has 1 heterocycles. The summed E-state index contributed by atoms with van der Waals surface area (Å²) in [7, 11) is 0. The summed E-state index contributed by atoms with van der Waals surface area (Å²) in [6.45, 7) is 3.54. The quantitative estimate of drug-likeness (QED) is 0.690. The van der Waals surface area contributed by atoms with Crippen molar-refractivity contribution in [3.8, 4) is 0 Å². The Bertz CT molecular complexity index is 868. The number of aromatic nitrogens is 2. The molecule has 1 aromatic heterocycles. The molecule has 0 spiro atoms. The molecular weight excluding hydrogens is 304 g/mol. The molecule has 0 radical (unpaired) electrons. The van der Waals surface area contributed by atoms with Crippen molar-refractivity contribution in [1.82, 2.24) is 15.3 Å². The number of carbonyl (C=O) groups is 2. The van der Waals surface area contributed by atoms with Gasteiger partial charge in [0.1, 0.15) is 6.04 Å². The molecule has 3 aromatic rings. The first-order chi connectivity index (χ1) is 11.5. The number of hydrogen-bond donors (Lipinski definition) is 3. The van der Waals surface area contributed by atoms with Gasteiger partial charge in [0, 0.05) is 5.56 Å². The highest BCUT2D eigenvalue weighted by atomic mass is 16.2. The van der Waals surface area contributed by atoms with Gasteiger partial charge in [0.25, 0.3) is 5.91 Å². The summed E-state index contributed by atoms with van der Waals surface area (Å²) in [5, 5.41) is 5.36. The van der Waals surface area contributed by atoms with E-state index in [-0.39, 0.29) is 11.8 Å². The predicted octanol–water partition coefficient (Wildman–Crippen LogP) is 2.63. The van der Waals surface area contributed by atoms with Gasteiger partial charge in [0.15, 0.2) is 0 Å². The maximum absolute atomic E-state index is 12.2. The number of aromatic amines is 1. The van der Waals surface area contributed by atoms with Crippen LogP contribution in [0.1, 0.15) is 22.8 Å². The zero-order valence-electron chi connectivity index (χ0n) is 13.5. The maximum Gasteiger partial charge on any atom is 0.251 e. The number of rotatable bonds is 4. The van der Waals surface area contributed by atoms with Crippen molar-refractivity contribution in [2.24, 2.45) is 0 Å². The normalized spacial score (nSPS) is 11.9. The Hall–Kier alpha value is -3.15. The summed E-state index contributed by atoms with van der Waals surface area (Å²) in [6.07, 6.45) is 0. The highest BCUT2D eigenvalue weighted by molar-refractivity contribution is 6.00. The molecule has 6 heteroatoms. The van der Waals surface area contributed by atoms with E-state index in [1.165, 1.54) is 0 Å². The monoisotopic (exact) mass is 322 g/mol. The first-order valence-electron chi connectivity index (χ1n) is 7.66. The van der Waals surface area contributed by atoms with Crippen molar-refractivity contribution < 1.29 is 9.59 Å². The number of benzene rings is 2. The number of aryl methyl sites for hydroxylation is 1. The number of H-pyrrole nitrogens is 1. The first kappa shape index (κ1) is 15.7. The van der Waals surface area contributed by atoms with E-state index >= 15 is 0 Å². The second-order valence-electron chi connectivity index (χ2n) is 5.66. The predicted molar refractivity (Wildman–Crippen MR) is 92.8 cm³/mol. The minimum atomic E-state index is -0.689. The molecule has 122 valence electrons. The minimum absolute atomic E-state index is 0.286. The molecule has 0 bridgehead atoms. The number of nitrogens with zero attached hydrogens (tertiary/aromatic N) is 1. The topological polar surface area (TPSA) is 86.9 Å². The van der Waals surface area contributed by atoms with Crippen molar-refractivity contribution in [3.05, 3.63) is 59.7 Å². The Morgan fingerprint density at radius 1 is 1.12 bits per heavy atom. The summed E-state index contributed by atoms with van der Waals surface area (Å²) in [6, 6.07) is 14.0. The third-order valence-corrected chi connectivity index (χ3v) is 3.65. The third-order valence-electron chi connectivity index (χ3n) is 3.65. The Morgan fingerprint density at radius 2 is 1.92 bits per heavy atom. The Labute approximate surface area is 139 Å². The summed E-state index contributed by atoms with van der Waals surface area (Å²) in [4.78, 5) is 31.7. The lowest BCUT2D eigenvalue weighted by atomic mass is 10.1. The van der Waals surface area contributed by atoms with E-state index in [2.05, 4.69) is 20.6 Å². The van der Waals surface area contributed by atoms with Gasteiger partial charge in [0.05, 0.1) is 11.0 Å². The largest absolute Gasteiger partial charge is 0.341 e. The van der Waals surface area contributed by atoms with E-state index in [1.807, 2.05) is 43.3 Å². The van der Waals surface area contributed by atoms with Gasteiger partial charge in [-0.25, -0.2) is 4.98 Å². The molecule has 24 heavy (non-hydrogen) atoms. The lowest BCUT2D eigenvalue weighted by Gasteiger charge is -2.13. The van der Waals surface area contributed by atoms with Crippen molar-refractivity contribution in [1.29, 1.82) is 0 Å². The van der Waals surface area contributed by atoms with Gasteiger partial charge >= 0.3 is 0 Å². The van der Waals surface area contributed by atoms with Crippen molar-refractivity contribution >= 4 is 28.8 Å². The van der Waals surface area contributed by atoms with Crippen LogP contribution in [0.15, 0.2) is 48.5 Å². The third kappa shape index (κ3) is 3.43. The second-order valence-corrected chi connectivity index (χ2v) is 5.66. The van der Waals surface area contributed by atoms with Crippen LogP contribution in [-0.2, 0) is 4.79 Å². The van der Waals surface area contributed by atoms with Crippen LogP contribution < -0.4 is 10.6 Å². The van der Waals surface area contributed by atoms with Gasteiger partial charge in [-0.3, -0.25) is 14.9 Å². The van der Waals surface area contributed by atoms with E-state index in [4.69, 9.17) is 0 Å². The second kappa shape index (κ2) is 6.54. The molecule has 0 aliphatic rings. The van der Waals surface area contributed by atoms with E-state index in [0.29, 0.717) is 11.5 Å². The average molecular weight is 322 g/mol. The van der Waals surface area contributed by atoms with Gasteiger partial charge in [-0.1, -0.05) is 29.8 Å². The highest BCUT2D eigenvalue weighted by Gasteiger charge is 2.18. The lowest BCUT2D eigenvalue weighted by molar-refractivity contribution is -0.117. The van der Waals surface area contributed by atoms with E-state index in [0.717, 1.165) is 16.6 Å². The molecule has 0 saturated heterocycles. The van der Waals surface area contributed by atoms with Gasteiger partial charge in [0.2, 0.25) is 11.9 Å². The molecule has 3 N–H and O–H groups in total. The summed E-state index contributed by atoms with van der Waals surface area (Å²) in [5.41, 5.74) is 3.12. The van der Waals surface area contributed by atoms with E-state index in [9.17, 15) is 9.59 Å². The van der Waals surface area contributed by atoms with Gasteiger partial charge in [-0.15, -0.1) is 0 Å². The van der Waals surface area contributed by atoms with Crippen LogP contribution in [0.25, 0.3) is 11.0 Å². The minimum Gasteiger partial charge on any atom is -0.341 e. The van der Waals surface area contributed by atoms with Gasteiger partial charge in [-0.05, 0) is 38.1 Å². The molecule has 6 nitrogen and oxygen atoms in total. The summed E-state index contributed by atoms with van der Waals surface area (Å²) >= 11 is 0. The average Bonchev–Trinajstić information content (AvgIpc) is 2.96. The van der Waals surface area contributed by atoms with Gasteiger partial charge < -0.3 is 10.3 Å². The van der Waals surface area contributed by atoms with Crippen LogP contribution in [-0.4, -0.2) is 27.8 Å². The first-order valence-corrected chi connectivity index (χ1v) is 7.66. The fraction of sp³-hybridized carbons (Fsp3) is 0.167. The molecule has 2 amide bonds. The molecule has 1 atom stereocenters. The number of fused-ring (bicyclic) bond motifs is 1.